The number of carboxylic acids is 2. The van der Waals surface area contributed by atoms with E-state index in [1.807, 2.05) is 0 Å². The molecule has 0 saturated carbocycles. The van der Waals surface area contributed by atoms with Crippen LogP contribution in [0.1, 0.15) is 10.4 Å². The SMILES string of the molecule is O=C(O)/C=C/C(=O)Nc1ccc([O-])c(C(=O)[O-])c1. The second kappa shape index (κ2) is 5.48. The summed E-state index contributed by atoms with van der Waals surface area (Å²) >= 11 is 0. The van der Waals surface area contributed by atoms with Gasteiger partial charge in [0.25, 0.3) is 0 Å². The van der Waals surface area contributed by atoms with Gasteiger partial charge in [-0.25, -0.2) is 4.79 Å². The number of carbonyl (C=O) groups is 3. The van der Waals surface area contributed by atoms with Crippen molar-refractivity contribution in [1.82, 2.24) is 0 Å². The summed E-state index contributed by atoms with van der Waals surface area (Å²) in [6.45, 7) is 0. The number of hydrogen-bond acceptors (Lipinski definition) is 5. The van der Waals surface area contributed by atoms with Crippen LogP contribution < -0.4 is 15.5 Å². The highest BCUT2D eigenvalue weighted by atomic mass is 16.4. The minimum absolute atomic E-state index is 0.0499. The smallest absolute Gasteiger partial charge is 0.328 e. The van der Waals surface area contributed by atoms with E-state index in [4.69, 9.17) is 5.11 Å². The van der Waals surface area contributed by atoms with Crippen molar-refractivity contribution in [3.63, 3.8) is 0 Å². The molecule has 2 N–H and O–H groups in total. The molecule has 0 radical (unpaired) electrons. The summed E-state index contributed by atoms with van der Waals surface area (Å²) < 4.78 is 0. The minimum atomic E-state index is -1.66. The van der Waals surface area contributed by atoms with E-state index in [9.17, 15) is 24.6 Å². The molecule has 0 aliphatic heterocycles. The molecule has 1 rings (SSSR count). The lowest BCUT2D eigenvalue weighted by Crippen LogP contribution is -2.24. The van der Waals surface area contributed by atoms with E-state index in [-0.39, 0.29) is 5.69 Å². The van der Waals surface area contributed by atoms with E-state index in [2.05, 4.69) is 5.32 Å². The van der Waals surface area contributed by atoms with Crippen LogP contribution in [0.25, 0.3) is 0 Å². The third kappa shape index (κ3) is 3.63. The molecule has 0 saturated heterocycles. The number of aromatic carboxylic acids is 1. The maximum Gasteiger partial charge on any atom is 0.328 e. The summed E-state index contributed by atoms with van der Waals surface area (Å²) in [7, 11) is 0. The van der Waals surface area contributed by atoms with Gasteiger partial charge in [0.15, 0.2) is 0 Å². The standard InChI is InChI=1S/C11H9NO6/c13-8-2-1-6(5-7(8)11(17)18)12-9(14)3-4-10(15)16/h1-5,13H,(H,12,14)(H,15,16)(H,17,18)/p-2/b4-3+. The Kier molecular flexibility index (Phi) is 4.03. The lowest BCUT2D eigenvalue weighted by molar-refractivity contribution is -0.276. The van der Waals surface area contributed by atoms with E-state index < -0.39 is 29.2 Å². The minimum Gasteiger partial charge on any atom is -0.872 e. The summed E-state index contributed by atoms with van der Waals surface area (Å²) in [4.78, 5) is 31.9. The zero-order valence-corrected chi connectivity index (χ0v) is 8.88. The molecule has 0 unspecified atom stereocenters. The fourth-order valence-electron chi connectivity index (χ4n) is 1.10. The summed E-state index contributed by atoms with van der Waals surface area (Å²) in [6.07, 6.45) is 1.38. The van der Waals surface area contributed by atoms with Gasteiger partial charge in [0.05, 0.1) is 5.97 Å². The van der Waals surface area contributed by atoms with E-state index in [0.717, 1.165) is 18.2 Å². The van der Waals surface area contributed by atoms with Gasteiger partial charge in [-0.3, -0.25) is 4.79 Å². The van der Waals surface area contributed by atoms with Gasteiger partial charge in [-0.2, -0.15) is 0 Å². The molecule has 0 aromatic heterocycles. The van der Waals surface area contributed by atoms with Crippen LogP contribution >= 0.6 is 0 Å². The predicted octanol–water partition coefficient (Wildman–Crippen LogP) is -1.30. The van der Waals surface area contributed by atoms with E-state index in [0.29, 0.717) is 6.08 Å². The highest BCUT2D eigenvalue weighted by molar-refractivity contribution is 6.03. The van der Waals surface area contributed by atoms with Gasteiger partial charge < -0.3 is 25.4 Å². The number of anilines is 1. The highest BCUT2D eigenvalue weighted by Crippen LogP contribution is 2.18. The highest BCUT2D eigenvalue weighted by Gasteiger charge is 2.02. The lowest BCUT2D eigenvalue weighted by Gasteiger charge is -2.15. The molecule has 0 fully saturated rings. The number of nitrogens with one attached hydrogen (secondary N) is 1. The number of aliphatic carboxylic acids is 1. The zero-order chi connectivity index (χ0) is 13.7. The van der Waals surface area contributed by atoms with Crippen molar-refractivity contribution in [3.8, 4) is 5.75 Å². The molecule has 1 aromatic rings. The van der Waals surface area contributed by atoms with E-state index in [1.165, 1.54) is 6.07 Å². The van der Waals surface area contributed by atoms with Gasteiger partial charge >= 0.3 is 5.97 Å². The Morgan fingerprint density at radius 1 is 1.22 bits per heavy atom. The van der Waals surface area contributed by atoms with Crippen molar-refractivity contribution in [1.29, 1.82) is 0 Å². The van der Waals surface area contributed by atoms with Crippen LogP contribution in [0.4, 0.5) is 5.69 Å². The first kappa shape index (κ1) is 13.2. The molecule has 18 heavy (non-hydrogen) atoms. The predicted molar refractivity (Wildman–Crippen MR) is 55.6 cm³/mol. The molecule has 0 spiro atoms. The molecular formula is C11H7NO6-2. The molecule has 0 aliphatic carbocycles. The van der Waals surface area contributed by atoms with Gasteiger partial charge in [-0.15, -0.1) is 0 Å². The zero-order valence-electron chi connectivity index (χ0n) is 8.88. The fourth-order valence-corrected chi connectivity index (χ4v) is 1.10. The maximum absolute atomic E-state index is 11.2. The molecular weight excluding hydrogens is 242 g/mol. The van der Waals surface area contributed by atoms with E-state index >= 15 is 0 Å². The lowest BCUT2D eigenvalue weighted by atomic mass is 10.2. The number of carbonyl (C=O) groups excluding carboxylic acids is 2. The fraction of sp³-hybridized carbons (Fsp3) is 0. The Hall–Kier alpha value is -2.83. The Balaban J connectivity index is 2.86. The second-order valence-electron chi connectivity index (χ2n) is 3.16. The van der Waals surface area contributed by atoms with Gasteiger partial charge in [0.2, 0.25) is 5.91 Å². The van der Waals surface area contributed by atoms with Gasteiger partial charge in [0.1, 0.15) is 0 Å². The average Bonchev–Trinajstić information content (AvgIpc) is 2.28. The van der Waals surface area contributed by atoms with Crippen LogP contribution in [0.3, 0.4) is 0 Å². The number of hydrogen-bond donors (Lipinski definition) is 2. The third-order valence-electron chi connectivity index (χ3n) is 1.84. The Bertz CT molecular complexity index is 534. The molecule has 1 amide bonds. The quantitative estimate of drug-likeness (QED) is 0.638. The first-order valence-electron chi connectivity index (χ1n) is 4.64. The first-order valence-corrected chi connectivity index (χ1v) is 4.64. The van der Waals surface area contributed by atoms with Crippen LogP contribution in [0.5, 0.6) is 5.75 Å². The normalized spacial score (nSPS) is 10.2. The Morgan fingerprint density at radius 2 is 1.89 bits per heavy atom. The topological polar surface area (TPSA) is 130 Å². The van der Waals surface area contributed by atoms with E-state index in [1.54, 1.807) is 0 Å². The summed E-state index contributed by atoms with van der Waals surface area (Å²) in [5, 5.41) is 32.1. The van der Waals surface area contributed by atoms with Gasteiger partial charge in [-0.1, -0.05) is 11.8 Å². The molecule has 0 heterocycles. The molecule has 7 nitrogen and oxygen atoms in total. The summed E-state index contributed by atoms with van der Waals surface area (Å²) in [5.41, 5.74) is -0.538. The van der Waals surface area contributed by atoms with Crippen molar-refractivity contribution in [2.24, 2.45) is 0 Å². The Labute approximate surface area is 101 Å². The summed E-state index contributed by atoms with van der Waals surface area (Å²) in [6, 6.07) is 3.09. The van der Waals surface area contributed by atoms with Crippen molar-refractivity contribution < 1.29 is 29.7 Å². The molecule has 0 aliphatic rings. The number of rotatable bonds is 4. The number of amides is 1. The largest absolute Gasteiger partial charge is 0.872 e. The van der Waals surface area contributed by atoms with Crippen molar-refractivity contribution >= 4 is 23.5 Å². The van der Waals surface area contributed by atoms with Gasteiger partial charge in [-0.05, 0) is 17.7 Å². The van der Waals surface area contributed by atoms with Crippen molar-refractivity contribution in [2.45, 2.75) is 0 Å². The number of carboxylic acid groups (broad SMARTS) is 2. The summed E-state index contributed by atoms with van der Waals surface area (Å²) in [5.74, 6) is -4.46. The van der Waals surface area contributed by atoms with Crippen molar-refractivity contribution in [2.75, 3.05) is 5.32 Å². The van der Waals surface area contributed by atoms with Crippen LogP contribution in [0.15, 0.2) is 30.4 Å². The Morgan fingerprint density at radius 3 is 2.44 bits per heavy atom. The third-order valence-corrected chi connectivity index (χ3v) is 1.84. The van der Waals surface area contributed by atoms with Crippen molar-refractivity contribution in [3.05, 3.63) is 35.9 Å². The van der Waals surface area contributed by atoms with Gasteiger partial charge in [0, 0.05) is 17.8 Å². The maximum atomic E-state index is 11.2. The first-order chi connectivity index (χ1) is 8.40. The molecule has 0 atom stereocenters. The molecule has 7 heteroatoms. The molecule has 0 bridgehead atoms. The average molecular weight is 249 g/mol. The molecule has 94 valence electrons. The van der Waals surface area contributed by atoms with Crippen LogP contribution in [0.2, 0.25) is 0 Å². The number of benzene rings is 1. The van der Waals surface area contributed by atoms with Crippen LogP contribution in [-0.4, -0.2) is 23.0 Å². The van der Waals surface area contributed by atoms with Crippen LogP contribution in [-0.2, 0) is 9.59 Å². The monoisotopic (exact) mass is 249 g/mol. The second-order valence-corrected chi connectivity index (χ2v) is 3.16. The molecule has 1 aromatic carbocycles. The van der Waals surface area contributed by atoms with Crippen LogP contribution in [0, 0.1) is 0 Å².